The third-order valence-corrected chi connectivity index (χ3v) is 5.00. The summed E-state index contributed by atoms with van der Waals surface area (Å²) in [7, 11) is 0. The van der Waals surface area contributed by atoms with Gasteiger partial charge in [0.1, 0.15) is 5.82 Å². The van der Waals surface area contributed by atoms with Crippen molar-refractivity contribution >= 4 is 17.4 Å². The molecule has 0 bridgehead atoms. The largest absolute Gasteiger partial charge is 0.340 e. The molecular weight excluding hydrogens is 334 g/mol. The van der Waals surface area contributed by atoms with Crippen molar-refractivity contribution in [2.24, 2.45) is 0 Å². The minimum absolute atomic E-state index is 0.0877. The summed E-state index contributed by atoms with van der Waals surface area (Å²) in [5.41, 5.74) is 2.86. The molecule has 2 heterocycles. The molecule has 1 amide bonds. The topological polar surface area (TPSA) is 45.2 Å². The third-order valence-electron chi connectivity index (χ3n) is 5.00. The van der Waals surface area contributed by atoms with Crippen molar-refractivity contribution in [3.05, 3.63) is 90.1 Å². The van der Waals surface area contributed by atoms with E-state index in [-0.39, 0.29) is 11.9 Å². The number of hydrogen-bond donors (Lipinski definition) is 1. The highest BCUT2D eigenvalue weighted by Gasteiger charge is 2.28. The van der Waals surface area contributed by atoms with Crippen LogP contribution in [0.2, 0.25) is 0 Å². The summed E-state index contributed by atoms with van der Waals surface area (Å²) in [5, 5.41) is 3.30. The lowest BCUT2D eigenvalue weighted by Crippen LogP contribution is -2.38. The number of anilines is 2. The molecule has 1 aliphatic rings. The summed E-state index contributed by atoms with van der Waals surface area (Å²) in [6.07, 6.45) is 5.06. The number of nitrogens with zero attached hydrogens (tertiary/aromatic N) is 2. The summed E-state index contributed by atoms with van der Waals surface area (Å²) in [6, 6.07) is 23.7. The number of aromatic nitrogens is 1. The Kier molecular flexibility index (Phi) is 5.15. The van der Waals surface area contributed by atoms with Gasteiger partial charge in [0, 0.05) is 24.0 Å². The average Bonchev–Trinajstić information content (AvgIpc) is 2.75. The maximum atomic E-state index is 13.0. The predicted octanol–water partition coefficient (Wildman–Crippen LogP) is 5.19. The highest BCUT2D eigenvalue weighted by molar-refractivity contribution is 5.94. The standard InChI is InChI=1S/C23H23N3O/c27-23(18-9-3-1-4-10-18)26-16-8-7-13-21(26)19-14-15-22(24-17-19)25-20-11-5-2-6-12-20/h1-6,9-12,14-15,17,21H,7-8,13,16H2,(H,24,25)/t21-/m0/s1. The molecule has 3 aromatic rings. The zero-order chi connectivity index (χ0) is 18.5. The Hall–Kier alpha value is -3.14. The predicted molar refractivity (Wildman–Crippen MR) is 108 cm³/mol. The lowest BCUT2D eigenvalue weighted by atomic mass is 9.95. The monoisotopic (exact) mass is 357 g/mol. The molecule has 1 N–H and O–H groups in total. The Morgan fingerprint density at radius 2 is 1.67 bits per heavy atom. The van der Waals surface area contributed by atoms with Crippen LogP contribution in [0.5, 0.6) is 0 Å². The maximum Gasteiger partial charge on any atom is 0.254 e. The van der Waals surface area contributed by atoms with Crippen LogP contribution in [0.3, 0.4) is 0 Å². The Balaban J connectivity index is 1.52. The van der Waals surface area contributed by atoms with Gasteiger partial charge < -0.3 is 10.2 Å². The van der Waals surface area contributed by atoms with E-state index >= 15 is 0 Å². The number of amides is 1. The second kappa shape index (κ2) is 8.04. The molecule has 27 heavy (non-hydrogen) atoms. The molecule has 0 spiro atoms. The fourth-order valence-electron chi connectivity index (χ4n) is 3.61. The number of para-hydroxylation sites is 1. The number of hydrogen-bond acceptors (Lipinski definition) is 3. The molecule has 4 heteroatoms. The third kappa shape index (κ3) is 4.00. The minimum atomic E-state index is 0.0877. The van der Waals surface area contributed by atoms with Crippen LogP contribution in [0.15, 0.2) is 79.0 Å². The Morgan fingerprint density at radius 3 is 2.37 bits per heavy atom. The zero-order valence-electron chi connectivity index (χ0n) is 15.2. The van der Waals surface area contributed by atoms with Crippen LogP contribution in [-0.4, -0.2) is 22.3 Å². The molecule has 1 aliphatic heterocycles. The molecule has 2 aromatic carbocycles. The Labute approximate surface area is 159 Å². The van der Waals surface area contributed by atoms with Gasteiger partial charge in [0.2, 0.25) is 0 Å². The van der Waals surface area contributed by atoms with Crippen LogP contribution < -0.4 is 5.32 Å². The first-order valence-electron chi connectivity index (χ1n) is 9.45. The van der Waals surface area contributed by atoms with Crippen LogP contribution in [0.4, 0.5) is 11.5 Å². The van der Waals surface area contributed by atoms with Gasteiger partial charge in [0.05, 0.1) is 6.04 Å². The van der Waals surface area contributed by atoms with Crippen LogP contribution in [0.25, 0.3) is 0 Å². The molecule has 1 saturated heterocycles. The fraction of sp³-hybridized carbons (Fsp3) is 0.217. The molecule has 4 rings (SSSR count). The van der Waals surface area contributed by atoms with Gasteiger partial charge in [-0.05, 0) is 55.2 Å². The zero-order valence-corrected chi connectivity index (χ0v) is 15.2. The van der Waals surface area contributed by atoms with Crippen molar-refractivity contribution in [2.45, 2.75) is 25.3 Å². The van der Waals surface area contributed by atoms with Crippen LogP contribution >= 0.6 is 0 Å². The SMILES string of the molecule is O=C(c1ccccc1)N1CCCC[C@H]1c1ccc(Nc2ccccc2)nc1. The summed E-state index contributed by atoms with van der Waals surface area (Å²) in [4.78, 5) is 19.6. The molecule has 0 radical (unpaired) electrons. The number of carbonyl (C=O) groups is 1. The van der Waals surface area contributed by atoms with Gasteiger partial charge in [-0.15, -0.1) is 0 Å². The maximum absolute atomic E-state index is 13.0. The fourth-order valence-corrected chi connectivity index (χ4v) is 3.61. The first-order valence-corrected chi connectivity index (χ1v) is 9.45. The number of likely N-dealkylation sites (tertiary alicyclic amines) is 1. The molecule has 136 valence electrons. The van der Waals surface area contributed by atoms with E-state index in [4.69, 9.17) is 0 Å². The Bertz CT molecular complexity index is 879. The van der Waals surface area contributed by atoms with Gasteiger partial charge in [-0.2, -0.15) is 0 Å². The minimum Gasteiger partial charge on any atom is -0.340 e. The summed E-state index contributed by atoms with van der Waals surface area (Å²) in [5.74, 6) is 0.911. The molecular formula is C23H23N3O. The van der Waals surface area contributed by atoms with E-state index in [0.717, 1.165) is 48.4 Å². The Morgan fingerprint density at radius 1 is 0.926 bits per heavy atom. The molecule has 0 unspecified atom stereocenters. The highest BCUT2D eigenvalue weighted by atomic mass is 16.2. The van der Waals surface area contributed by atoms with Crippen LogP contribution in [0.1, 0.15) is 41.2 Å². The van der Waals surface area contributed by atoms with Gasteiger partial charge in [-0.25, -0.2) is 4.98 Å². The van der Waals surface area contributed by atoms with Crippen molar-refractivity contribution in [1.29, 1.82) is 0 Å². The normalized spacial score (nSPS) is 16.7. The summed E-state index contributed by atoms with van der Waals surface area (Å²) >= 11 is 0. The average molecular weight is 357 g/mol. The van der Waals surface area contributed by atoms with Gasteiger partial charge in [-0.1, -0.05) is 42.5 Å². The second-order valence-electron chi connectivity index (χ2n) is 6.84. The van der Waals surface area contributed by atoms with E-state index in [1.54, 1.807) is 0 Å². The number of carbonyl (C=O) groups excluding carboxylic acids is 1. The molecule has 0 saturated carbocycles. The van der Waals surface area contributed by atoms with Gasteiger partial charge in [0.15, 0.2) is 0 Å². The summed E-state index contributed by atoms with van der Waals surface area (Å²) < 4.78 is 0. The van der Waals surface area contributed by atoms with Crippen LogP contribution in [0, 0.1) is 0 Å². The number of nitrogens with one attached hydrogen (secondary N) is 1. The van der Waals surface area contributed by atoms with E-state index in [1.807, 2.05) is 77.8 Å². The molecule has 4 nitrogen and oxygen atoms in total. The second-order valence-corrected chi connectivity index (χ2v) is 6.84. The van der Waals surface area contributed by atoms with E-state index in [2.05, 4.69) is 16.4 Å². The molecule has 1 atom stereocenters. The van der Waals surface area contributed by atoms with E-state index < -0.39 is 0 Å². The van der Waals surface area contributed by atoms with Gasteiger partial charge in [0.25, 0.3) is 5.91 Å². The molecule has 1 aromatic heterocycles. The van der Waals surface area contributed by atoms with E-state index in [1.165, 1.54) is 0 Å². The number of benzene rings is 2. The molecule has 0 aliphatic carbocycles. The smallest absolute Gasteiger partial charge is 0.254 e. The molecule has 1 fully saturated rings. The van der Waals surface area contributed by atoms with Crippen molar-refractivity contribution in [2.75, 3.05) is 11.9 Å². The lowest BCUT2D eigenvalue weighted by Gasteiger charge is -2.36. The van der Waals surface area contributed by atoms with Crippen molar-refractivity contribution in [3.8, 4) is 0 Å². The first kappa shape index (κ1) is 17.3. The van der Waals surface area contributed by atoms with E-state index in [0.29, 0.717) is 0 Å². The van der Waals surface area contributed by atoms with Crippen molar-refractivity contribution in [1.82, 2.24) is 9.88 Å². The van der Waals surface area contributed by atoms with Gasteiger partial charge in [-0.3, -0.25) is 4.79 Å². The van der Waals surface area contributed by atoms with Gasteiger partial charge >= 0.3 is 0 Å². The van der Waals surface area contributed by atoms with Crippen molar-refractivity contribution in [3.63, 3.8) is 0 Å². The van der Waals surface area contributed by atoms with Crippen LogP contribution in [-0.2, 0) is 0 Å². The highest BCUT2D eigenvalue weighted by Crippen LogP contribution is 2.32. The number of pyridine rings is 1. The summed E-state index contributed by atoms with van der Waals surface area (Å²) in [6.45, 7) is 0.794. The van der Waals surface area contributed by atoms with E-state index in [9.17, 15) is 4.79 Å². The number of rotatable bonds is 4. The quantitative estimate of drug-likeness (QED) is 0.699. The van der Waals surface area contributed by atoms with Crippen molar-refractivity contribution < 1.29 is 4.79 Å². The first-order chi connectivity index (χ1) is 13.3. The number of piperidine rings is 1. The lowest BCUT2D eigenvalue weighted by molar-refractivity contribution is 0.0611.